The third-order valence-corrected chi connectivity index (χ3v) is 5.23. The summed E-state index contributed by atoms with van der Waals surface area (Å²) in [4.78, 5) is 14.5. The van der Waals surface area contributed by atoms with Gasteiger partial charge in [0.15, 0.2) is 6.29 Å². The second-order valence-corrected chi connectivity index (χ2v) is 7.39. The fourth-order valence-electron chi connectivity index (χ4n) is 3.65. The molecule has 2 aromatic rings. The van der Waals surface area contributed by atoms with Crippen LogP contribution in [0.25, 0.3) is 0 Å². The molecule has 0 spiro atoms. The van der Waals surface area contributed by atoms with Gasteiger partial charge in [-0.3, -0.25) is 4.79 Å². The number of pyridine rings is 1. The summed E-state index contributed by atoms with van der Waals surface area (Å²) in [6.07, 6.45) is 6.71. The van der Waals surface area contributed by atoms with Crippen molar-refractivity contribution in [3.05, 3.63) is 52.2 Å². The van der Waals surface area contributed by atoms with Crippen LogP contribution in [0.4, 0.5) is 0 Å². The van der Waals surface area contributed by atoms with Gasteiger partial charge in [0.2, 0.25) is 5.88 Å². The number of hydrogen-bond acceptors (Lipinski definition) is 6. The van der Waals surface area contributed by atoms with E-state index in [1.807, 2.05) is 33.8 Å². The summed E-state index contributed by atoms with van der Waals surface area (Å²) >= 11 is 0. The molecule has 1 heterocycles. The smallest absolute Gasteiger partial charge is 0.214 e. The number of nitrogens with zero attached hydrogens (tertiary/aromatic N) is 1. The zero-order chi connectivity index (χ0) is 24.1. The van der Waals surface area contributed by atoms with E-state index >= 15 is 0 Å². The Morgan fingerprint density at radius 1 is 1.16 bits per heavy atom. The first-order valence-corrected chi connectivity index (χ1v) is 11.4. The maximum absolute atomic E-state index is 10.2. The lowest BCUT2D eigenvalue weighted by Crippen LogP contribution is -2.10. The summed E-state index contributed by atoms with van der Waals surface area (Å²) in [5.74, 6) is 1.86. The Labute approximate surface area is 193 Å². The number of hydrogen-bond donors (Lipinski definition) is 2. The standard InChI is InChI=1S/C13H16N2O2.C10H12O.C2H6.CH5N/c1-8-7-11(17-6-5-16)15-9(2)12(8)13(14)10-3-4-10;1-11-10-6-5-8-3-2-4-9(8)7-10;2*1-2/h5,7,10,14H,3-4,6H2,1-2H3;5-7H,2-4H2,1H3;1-2H3;2H2,1H3. The number of aryl methyl sites for hydroxylation is 4. The molecule has 6 heteroatoms. The number of methoxy groups -OCH3 is 1. The van der Waals surface area contributed by atoms with Crippen molar-refractivity contribution < 1.29 is 14.3 Å². The van der Waals surface area contributed by atoms with Gasteiger partial charge in [0.1, 0.15) is 12.4 Å². The Kier molecular flexibility index (Phi) is 12.2. The second-order valence-electron chi connectivity index (χ2n) is 7.39. The van der Waals surface area contributed by atoms with E-state index in [1.54, 1.807) is 13.2 Å². The number of ether oxygens (including phenoxy) is 2. The highest BCUT2D eigenvalue weighted by atomic mass is 16.5. The molecule has 0 unspecified atom stereocenters. The van der Waals surface area contributed by atoms with E-state index in [9.17, 15) is 4.79 Å². The second kappa shape index (κ2) is 14.4. The highest BCUT2D eigenvalue weighted by Gasteiger charge is 2.29. The number of carbonyl (C=O) groups excluding carboxylic acids is 1. The highest BCUT2D eigenvalue weighted by Crippen LogP contribution is 2.34. The van der Waals surface area contributed by atoms with E-state index in [0.717, 1.165) is 35.4 Å². The van der Waals surface area contributed by atoms with E-state index in [0.29, 0.717) is 23.8 Å². The molecule has 1 saturated carbocycles. The molecule has 1 aromatic heterocycles. The summed E-state index contributed by atoms with van der Waals surface area (Å²) in [7, 11) is 3.22. The van der Waals surface area contributed by atoms with Crippen LogP contribution < -0.4 is 15.2 Å². The van der Waals surface area contributed by atoms with E-state index in [-0.39, 0.29) is 6.61 Å². The molecule has 6 nitrogen and oxygen atoms in total. The van der Waals surface area contributed by atoms with Crippen molar-refractivity contribution in [3.63, 3.8) is 0 Å². The predicted octanol–water partition coefficient (Wildman–Crippen LogP) is 4.84. The van der Waals surface area contributed by atoms with Crippen LogP contribution in [0.15, 0.2) is 24.3 Å². The average molecular weight is 442 g/mol. The van der Waals surface area contributed by atoms with Gasteiger partial charge in [-0.25, -0.2) is 4.98 Å². The normalized spacial score (nSPS) is 13.1. The lowest BCUT2D eigenvalue weighted by Gasteiger charge is -2.12. The van der Waals surface area contributed by atoms with Gasteiger partial charge < -0.3 is 20.6 Å². The van der Waals surface area contributed by atoms with E-state index in [2.05, 4.69) is 22.9 Å². The number of carbonyl (C=O) groups is 1. The van der Waals surface area contributed by atoms with Crippen LogP contribution in [-0.2, 0) is 17.6 Å². The molecule has 0 radical (unpaired) electrons. The fourth-order valence-corrected chi connectivity index (χ4v) is 3.65. The lowest BCUT2D eigenvalue weighted by atomic mass is 10.00. The third kappa shape index (κ3) is 7.75. The molecule has 0 aliphatic heterocycles. The topological polar surface area (TPSA) is 98.3 Å². The van der Waals surface area contributed by atoms with Gasteiger partial charge in [0.25, 0.3) is 0 Å². The van der Waals surface area contributed by atoms with Gasteiger partial charge in [-0.05, 0) is 81.8 Å². The Balaban J connectivity index is 0.000000294. The molecule has 0 atom stereocenters. The maximum Gasteiger partial charge on any atom is 0.214 e. The first-order valence-electron chi connectivity index (χ1n) is 11.4. The van der Waals surface area contributed by atoms with Gasteiger partial charge in [0, 0.05) is 23.3 Å². The Morgan fingerprint density at radius 3 is 2.38 bits per heavy atom. The largest absolute Gasteiger partial charge is 0.497 e. The van der Waals surface area contributed by atoms with Crippen LogP contribution >= 0.6 is 0 Å². The average Bonchev–Trinajstić information content (AvgIpc) is 3.57. The van der Waals surface area contributed by atoms with Gasteiger partial charge >= 0.3 is 0 Å². The molecule has 1 fully saturated rings. The van der Waals surface area contributed by atoms with Crippen LogP contribution in [-0.4, -0.2) is 37.7 Å². The zero-order valence-corrected chi connectivity index (χ0v) is 20.5. The SMILES string of the molecule is CC.CN.COc1ccc2c(c1)CCC2.Cc1cc(OCC=O)nc(C)c1C(=N)C1CC1. The minimum Gasteiger partial charge on any atom is -0.497 e. The number of aromatic nitrogens is 1. The Bertz CT molecular complexity index is 854. The van der Waals surface area contributed by atoms with Crippen molar-refractivity contribution in [2.24, 2.45) is 11.7 Å². The molecule has 32 heavy (non-hydrogen) atoms. The van der Waals surface area contributed by atoms with Gasteiger partial charge in [-0.15, -0.1) is 0 Å². The summed E-state index contributed by atoms with van der Waals surface area (Å²) in [6, 6.07) is 8.18. The molecular formula is C26H39N3O3. The lowest BCUT2D eigenvalue weighted by molar-refractivity contribution is -0.109. The Hall–Kier alpha value is -2.73. The highest BCUT2D eigenvalue weighted by molar-refractivity contribution is 6.03. The zero-order valence-electron chi connectivity index (χ0n) is 20.5. The minimum absolute atomic E-state index is 0.0191. The molecule has 0 saturated heterocycles. The molecule has 3 N–H and O–H groups in total. The molecular weight excluding hydrogens is 402 g/mol. The van der Waals surface area contributed by atoms with E-state index in [4.69, 9.17) is 14.9 Å². The monoisotopic (exact) mass is 441 g/mol. The van der Waals surface area contributed by atoms with Crippen molar-refractivity contribution in [2.45, 2.75) is 59.8 Å². The molecule has 2 aliphatic carbocycles. The maximum atomic E-state index is 10.2. The fraction of sp³-hybridized carbons (Fsp3) is 0.500. The molecule has 4 rings (SSSR count). The third-order valence-electron chi connectivity index (χ3n) is 5.23. The van der Waals surface area contributed by atoms with Crippen LogP contribution in [0.2, 0.25) is 0 Å². The van der Waals surface area contributed by atoms with Crippen LogP contribution in [0.5, 0.6) is 11.6 Å². The van der Waals surface area contributed by atoms with Crippen molar-refractivity contribution in [1.29, 1.82) is 5.41 Å². The van der Waals surface area contributed by atoms with E-state index < -0.39 is 0 Å². The van der Waals surface area contributed by atoms with Gasteiger partial charge in [-0.1, -0.05) is 19.9 Å². The van der Waals surface area contributed by atoms with Crippen molar-refractivity contribution in [2.75, 3.05) is 20.8 Å². The van der Waals surface area contributed by atoms with Crippen molar-refractivity contribution in [1.82, 2.24) is 4.98 Å². The first-order chi connectivity index (χ1) is 15.5. The summed E-state index contributed by atoms with van der Waals surface area (Å²) in [6.45, 7) is 7.85. The van der Waals surface area contributed by atoms with Crippen LogP contribution in [0.1, 0.15) is 61.1 Å². The summed E-state index contributed by atoms with van der Waals surface area (Å²) in [5.41, 5.74) is 10.9. The number of nitrogens with one attached hydrogen (secondary N) is 1. The number of benzene rings is 1. The minimum atomic E-state index is 0.0191. The Morgan fingerprint density at radius 2 is 1.81 bits per heavy atom. The summed E-state index contributed by atoms with van der Waals surface area (Å²) in [5, 5.41) is 8.10. The van der Waals surface area contributed by atoms with Gasteiger partial charge in [0.05, 0.1) is 12.8 Å². The quantitative estimate of drug-likeness (QED) is 0.494. The van der Waals surface area contributed by atoms with Crippen molar-refractivity contribution >= 4 is 12.0 Å². The molecule has 1 aromatic carbocycles. The van der Waals surface area contributed by atoms with Crippen molar-refractivity contribution in [3.8, 4) is 11.6 Å². The number of aldehydes is 1. The molecule has 0 bridgehead atoms. The van der Waals surface area contributed by atoms with Crippen LogP contribution in [0.3, 0.4) is 0 Å². The molecule has 2 aliphatic rings. The molecule has 0 amide bonds. The number of nitrogens with two attached hydrogens (primary N) is 1. The first kappa shape index (κ1) is 27.3. The summed E-state index contributed by atoms with van der Waals surface area (Å²) < 4.78 is 10.3. The molecule has 176 valence electrons. The van der Waals surface area contributed by atoms with Crippen LogP contribution in [0, 0.1) is 25.2 Å². The van der Waals surface area contributed by atoms with Gasteiger partial charge in [-0.2, -0.15) is 0 Å². The predicted molar refractivity (Wildman–Crippen MR) is 131 cm³/mol. The number of fused-ring (bicyclic) bond motifs is 1. The number of rotatable bonds is 6. The van der Waals surface area contributed by atoms with E-state index in [1.165, 1.54) is 37.4 Å².